The van der Waals surface area contributed by atoms with Crippen molar-refractivity contribution in [3.8, 4) is 0 Å². The molecule has 0 spiro atoms. The fraction of sp³-hybridized carbons (Fsp3) is 0.263. The van der Waals surface area contributed by atoms with Crippen molar-refractivity contribution in [3.63, 3.8) is 0 Å². The number of hydrogen-bond acceptors (Lipinski definition) is 4. The summed E-state index contributed by atoms with van der Waals surface area (Å²) in [6.07, 6.45) is 1.10. The van der Waals surface area contributed by atoms with Gasteiger partial charge in [-0.3, -0.25) is 4.79 Å². The van der Waals surface area contributed by atoms with Crippen LogP contribution in [0, 0.1) is 11.7 Å². The number of nitrogens with zero attached hydrogens (tertiary/aromatic N) is 1. The molecular weight excluding hydrogens is 399 g/mol. The molecule has 1 aliphatic heterocycles. The Balaban J connectivity index is 1.66. The molecule has 3 amide bonds. The molecule has 1 aliphatic rings. The molecule has 0 radical (unpaired) electrons. The molecule has 154 valence electrons. The van der Waals surface area contributed by atoms with Crippen LogP contribution in [0.15, 0.2) is 53.4 Å². The number of rotatable bonds is 5. The number of halogens is 1. The molecule has 0 saturated carbocycles. The summed E-state index contributed by atoms with van der Waals surface area (Å²) >= 11 is 0. The van der Waals surface area contributed by atoms with Gasteiger partial charge in [0, 0.05) is 24.5 Å². The van der Waals surface area contributed by atoms with E-state index in [1.165, 1.54) is 16.4 Å². The minimum absolute atomic E-state index is 0.00232. The number of amides is 3. The van der Waals surface area contributed by atoms with Crippen LogP contribution in [0.2, 0.25) is 0 Å². The Kier molecular flexibility index (Phi) is 6.14. The van der Waals surface area contributed by atoms with Crippen LogP contribution in [0.3, 0.4) is 0 Å². The fourth-order valence-electron chi connectivity index (χ4n) is 3.15. The zero-order valence-corrected chi connectivity index (χ0v) is 16.3. The molecule has 10 heteroatoms. The third-order valence-corrected chi connectivity index (χ3v) is 6.51. The Hall–Kier alpha value is -2.98. The molecule has 0 aliphatic carbocycles. The Morgan fingerprint density at radius 2 is 1.59 bits per heavy atom. The minimum atomic E-state index is -3.80. The van der Waals surface area contributed by atoms with Crippen LogP contribution < -0.4 is 16.4 Å². The van der Waals surface area contributed by atoms with Crippen molar-refractivity contribution in [3.05, 3.63) is 54.3 Å². The Morgan fingerprint density at radius 1 is 1.00 bits per heavy atom. The Bertz CT molecular complexity index is 994. The van der Waals surface area contributed by atoms with E-state index in [-0.39, 0.29) is 17.3 Å². The highest BCUT2D eigenvalue weighted by Crippen LogP contribution is 2.25. The lowest BCUT2D eigenvalue weighted by Gasteiger charge is -2.31. The molecule has 3 rings (SSSR count). The summed E-state index contributed by atoms with van der Waals surface area (Å²) in [5.41, 5.74) is 6.05. The molecule has 1 saturated heterocycles. The van der Waals surface area contributed by atoms with Crippen molar-refractivity contribution in [2.24, 2.45) is 11.7 Å². The third kappa shape index (κ3) is 5.09. The van der Waals surface area contributed by atoms with E-state index < -0.39 is 27.8 Å². The number of primary amides is 1. The number of urea groups is 1. The second-order valence-electron chi connectivity index (χ2n) is 6.71. The predicted octanol–water partition coefficient (Wildman–Crippen LogP) is 2.36. The molecule has 0 aromatic heterocycles. The molecule has 8 nitrogen and oxygen atoms in total. The average Bonchev–Trinajstić information content (AvgIpc) is 2.69. The second kappa shape index (κ2) is 8.58. The van der Waals surface area contributed by atoms with Gasteiger partial charge in [-0.1, -0.05) is 0 Å². The third-order valence-electron chi connectivity index (χ3n) is 4.63. The first-order valence-corrected chi connectivity index (χ1v) is 10.4. The van der Waals surface area contributed by atoms with E-state index in [0.29, 0.717) is 30.8 Å². The molecule has 29 heavy (non-hydrogen) atoms. The van der Waals surface area contributed by atoms with Crippen molar-refractivity contribution in [1.82, 2.24) is 4.31 Å². The quantitative estimate of drug-likeness (QED) is 0.687. The largest absolute Gasteiger partial charge is 0.351 e. The normalized spacial score (nSPS) is 17.5. The highest BCUT2D eigenvalue weighted by Gasteiger charge is 2.33. The fourth-order valence-corrected chi connectivity index (χ4v) is 4.68. The number of benzene rings is 2. The molecule has 1 heterocycles. The zero-order chi connectivity index (χ0) is 21.0. The molecular formula is C19H21FN4O4S. The van der Waals surface area contributed by atoms with Gasteiger partial charge in [0.05, 0.1) is 10.8 Å². The lowest BCUT2D eigenvalue weighted by molar-refractivity contribution is -0.120. The van der Waals surface area contributed by atoms with Gasteiger partial charge in [-0.05, 0) is 61.4 Å². The zero-order valence-electron chi connectivity index (χ0n) is 15.5. The van der Waals surface area contributed by atoms with Gasteiger partial charge < -0.3 is 16.4 Å². The number of carbonyl (C=O) groups excluding carboxylic acids is 2. The standard InChI is InChI=1S/C19H21FN4O4S/c20-14-3-9-17(10-4-14)29(27,28)24-11-1-2-13(12-24)18(25)22-15-5-7-16(8-6-15)23-19(21)26/h3-10,13H,1-2,11-12H2,(H,22,25)(H3,21,23,26). The summed E-state index contributed by atoms with van der Waals surface area (Å²) in [5.74, 6) is -1.32. The lowest BCUT2D eigenvalue weighted by Crippen LogP contribution is -2.43. The first-order valence-electron chi connectivity index (χ1n) is 8.99. The van der Waals surface area contributed by atoms with Crippen LogP contribution >= 0.6 is 0 Å². The van der Waals surface area contributed by atoms with E-state index in [4.69, 9.17) is 5.73 Å². The summed E-state index contributed by atoms with van der Waals surface area (Å²) in [7, 11) is -3.80. The van der Waals surface area contributed by atoms with Crippen molar-refractivity contribution < 1.29 is 22.4 Å². The van der Waals surface area contributed by atoms with Crippen LogP contribution in [0.4, 0.5) is 20.6 Å². The van der Waals surface area contributed by atoms with Crippen LogP contribution in [0.25, 0.3) is 0 Å². The van der Waals surface area contributed by atoms with Crippen molar-refractivity contribution >= 4 is 33.3 Å². The van der Waals surface area contributed by atoms with Gasteiger partial charge in [-0.25, -0.2) is 17.6 Å². The van der Waals surface area contributed by atoms with Crippen molar-refractivity contribution in [2.45, 2.75) is 17.7 Å². The Labute approximate surface area is 167 Å². The monoisotopic (exact) mass is 420 g/mol. The highest BCUT2D eigenvalue weighted by atomic mass is 32.2. The lowest BCUT2D eigenvalue weighted by atomic mass is 9.98. The van der Waals surface area contributed by atoms with Gasteiger partial charge in [-0.15, -0.1) is 0 Å². The topological polar surface area (TPSA) is 122 Å². The number of hydrogen-bond donors (Lipinski definition) is 3. The molecule has 1 fully saturated rings. The second-order valence-corrected chi connectivity index (χ2v) is 8.65. The van der Waals surface area contributed by atoms with Crippen molar-refractivity contribution in [1.29, 1.82) is 0 Å². The highest BCUT2D eigenvalue weighted by molar-refractivity contribution is 7.89. The van der Waals surface area contributed by atoms with E-state index in [9.17, 15) is 22.4 Å². The van der Waals surface area contributed by atoms with E-state index in [1.54, 1.807) is 24.3 Å². The number of anilines is 2. The number of sulfonamides is 1. The molecule has 2 aromatic carbocycles. The van der Waals surface area contributed by atoms with E-state index in [0.717, 1.165) is 12.1 Å². The molecule has 4 N–H and O–H groups in total. The molecule has 2 aromatic rings. The summed E-state index contributed by atoms with van der Waals surface area (Å²) in [6.45, 7) is 0.351. The van der Waals surface area contributed by atoms with Gasteiger partial charge in [0.2, 0.25) is 15.9 Å². The van der Waals surface area contributed by atoms with Crippen LogP contribution in [-0.2, 0) is 14.8 Å². The number of nitrogens with one attached hydrogen (secondary N) is 2. The van der Waals surface area contributed by atoms with Gasteiger partial charge in [0.25, 0.3) is 0 Å². The maximum Gasteiger partial charge on any atom is 0.316 e. The van der Waals surface area contributed by atoms with Gasteiger partial charge in [0.1, 0.15) is 5.82 Å². The minimum Gasteiger partial charge on any atom is -0.351 e. The number of carbonyl (C=O) groups is 2. The van der Waals surface area contributed by atoms with Gasteiger partial charge in [0.15, 0.2) is 0 Å². The maximum atomic E-state index is 13.1. The summed E-state index contributed by atoms with van der Waals surface area (Å²) in [4.78, 5) is 23.4. The average molecular weight is 420 g/mol. The van der Waals surface area contributed by atoms with Crippen LogP contribution in [-0.4, -0.2) is 37.8 Å². The Morgan fingerprint density at radius 3 is 2.17 bits per heavy atom. The predicted molar refractivity (Wildman–Crippen MR) is 106 cm³/mol. The number of piperidine rings is 1. The smallest absolute Gasteiger partial charge is 0.316 e. The van der Waals surface area contributed by atoms with E-state index in [2.05, 4.69) is 10.6 Å². The van der Waals surface area contributed by atoms with Crippen molar-refractivity contribution in [2.75, 3.05) is 23.7 Å². The van der Waals surface area contributed by atoms with E-state index in [1.807, 2.05) is 0 Å². The van der Waals surface area contributed by atoms with Crippen LogP contribution in [0.1, 0.15) is 12.8 Å². The first kappa shape index (κ1) is 20.7. The first-order chi connectivity index (χ1) is 13.8. The molecule has 0 bridgehead atoms. The van der Waals surface area contributed by atoms with Gasteiger partial charge in [-0.2, -0.15) is 4.31 Å². The van der Waals surface area contributed by atoms with Gasteiger partial charge >= 0.3 is 6.03 Å². The van der Waals surface area contributed by atoms with E-state index >= 15 is 0 Å². The molecule has 1 atom stereocenters. The summed E-state index contributed by atoms with van der Waals surface area (Å²) in [5, 5.41) is 5.18. The number of nitrogens with two attached hydrogens (primary N) is 1. The summed E-state index contributed by atoms with van der Waals surface area (Å²) < 4.78 is 39.9. The van der Waals surface area contributed by atoms with Crippen LogP contribution in [0.5, 0.6) is 0 Å². The molecule has 1 unspecified atom stereocenters. The SMILES string of the molecule is NC(=O)Nc1ccc(NC(=O)C2CCCN(S(=O)(=O)c3ccc(F)cc3)C2)cc1. The summed E-state index contributed by atoms with van der Waals surface area (Å²) in [6, 6.07) is 10.3. The maximum absolute atomic E-state index is 13.1.